The first kappa shape index (κ1) is 17.2. The van der Waals surface area contributed by atoms with Gasteiger partial charge in [0.2, 0.25) is 0 Å². The molecule has 0 bridgehead atoms. The van der Waals surface area contributed by atoms with Crippen LogP contribution in [0.4, 0.5) is 0 Å². The lowest BCUT2D eigenvalue weighted by atomic mass is 9.77. The van der Waals surface area contributed by atoms with Gasteiger partial charge in [0.15, 0.2) is 0 Å². The Hall–Kier alpha value is -2.21. The molecule has 2 aromatic rings. The highest BCUT2D eigenvalue weighted by Crippen LogP contribution is 2.41. The second-order valence-corrected chi connectivity index (χ2v) is 7.80. The molecule has 6 nitrogen and oxygen atoms in total. The van der Waals surface area contributed by atoms with Crippen molar-refractivity contribution >= 4 is 5.91 Å². The molecule has 6 heteroatoms. The molecule has 26 heavy (non-hydrogen) atoms. The van der Waals surface area contributed by atoms with Gasteiger partial charge in [0.25, 0.3) is 5.91 Å². The van der Waals surface area contributed by atoms with E-state index in [2.05, 4.69) is 15.0 Å². The van der Waals surface area contributed by atoms with E-state index >= 15 is 0 Å². The van der Waals surface area contributed by atoms with Crippen LogP contribution < -0.4 is 0 Å². The van der Waals surface area contributed by atoms with Crippen LogP contribution in [0.2, 0.25) is 0 Å². The van der Waals surface area contributed by atoms with Crippen LogP contribution in [-0.2, 0) is 6.54 Å². The quantitative estimate of drug-likeness (QED) is 0.848. The predicted octanol–water partition coefficient (Wildman–Crippen LogP) is 2.81. The van der Waals surface area contributed by atoms with E-state index in [4.69, 9.17) is 4.52 Å². The molecule has 0 atom stereocenters. The number of piperidine rings is 1. The molecule has 2 aliphatic rings. The summed E-state index contributed by atoms with van der Waals surface area (Å²) >= 11 is 0. The van der Waals surface area contributed by atoms with E-state index in [-0.39, 0.29) is 5.91 Å². The Kier molecular flexibility index (Phi) is 4.53. The summed E-state index contributed by atoms with van der Waals surface area (Å²) in [5.41, 5.74) is 3.27. The van der Waals surface area contributed by atoms with Gasteiger partial charge in [-0.25, -0.2) is 0 Å². The van der Waals surface area contributed by atoms with Crippen molar-refractivity contribution in [3.63, 3.8) is 0 Å². The molecule has 0 N–H and O–H groups in total. The van der Waals surface area contributed by atoms with Gasteiger partial charge in [-0.1, -0.05) is 5.16 Å². The number of carbonyl (C=O) groups is 1. The average Bonchev–Trinajstić information content (AvgIpc) is 3.21. The van der Waals surface area contributed by atoms with Gasteiger partial charge in [-0.15, -0.1) is 0 Å². The van der Waals surface area contributed by atoms with Crippen LogP contribution in [0.3, 0.4) is 0 Å². The zero-order chi connectivity index (χ0) is 18.1. The molecule has 1 spiro atoms. The average molecular weight is 354 g/mol. The molecular formula is C20H26N4O2. The Bertz CT molecular complexity index is 759. The maximum absolute atomic E-state index is 12.6. The van der Waals surface area contributed by atoms with E-state index in [9.17, 15) is 4.79 Å². The number of hydrogen-bond acceptors (Lipinski definition) is 5. The summed E-state index contributed by atoms with van der Waals surface area (Å²) in [6.07, 6.45) is 6.74. The molecule has 1 amide bonds. The maximum atomic E-state index is 12.6. The highest BCUT2D eigenvalue weighted by Gasteiger charge is 2.41. The molecule has 0 saturated carbocycles. The fraction of sp³-hybridized carbons (Fsp3) is 0.550. The minimum absolute atomic E-state index is 0.110. The summed E-state index contributed by atoms with van der Waals surface area (Å²) in [5.74, 6) is 1.04. The third-order valence-corrected chi connectivity index (χ3v) is 6.10. The van der Waals surface area contributed by atoms with Crippen molar-refractivity contribution in [3.05, 3.63) is 47.1 Å². The predicted molar refractivity (Wildman–Crippen MR) is 97.7 cm³/mol. The molecule has 2 fully saturated rings. The van der Waals surface area contributed by atoms with Crippen molar-refractivity contribution in [1.82, 2.24) is 19.9 Å². The Morgan fingerprint density at radius 1 is 1.23 bits per heavy atom. The molecule has 2 aromatic heterocycles. The lowest BCUT2D eigenvalue weighted by Crippen LogP contribution is -2.44. The first-order chi connectivity index (χ1) is 12.6. The Morgan fingerprint density at radius 2 is 2.00 bits per heavy atom. The number of aromatic nitrogens is 2. The zero-order valence-corrected chi connectivity index (χ0v) is 15.6. The highest BCUT2D eigenvalue weighted by molar-refractivity contribution is 5.93. The summed E-state index contributed by atoms with van der Waals surface area (Å²) in [6, 6.07) is 3.67. The summed E-state index contributed by atoms with van der Waals surface area (Å²) in [6.45, 7) is 8.82. The zero-order valence-electron chi connectivity index (χ0n) is 15.6. The van der Waals surface area contributed by atoms with Gasteiger partial charge in [-0.2, -0.15) is 0 Å². The van der Waals surface area contributed by atoms with Gasteiger partial charge in [-0.3, -0.25) is 14.7 Å². The van der Waals surface area contributed by atoms with Gasteiger partial charge < -0.3 is 9.42 Å². The summed E-state index contributed by atoms with van der Waals surface area (Å²) in [4.78, 5) is 21.2. The number of likely N-dealkylation sites (tertiary alicyclic amines) is 2. The number of nitrogens with zero attached hydrogens (tertiary/aromatic N) is 4. The molecule has 0 aliphatic carbocycles. The van der Waals surface area contributed by atoms with Gasteiger partial charge in [-0.05, 0) is 57.2 Å². The van der Waals surface area contributed by atoms with E-state index in [1.807, 2.05) is 30.9 Å². The van der Waals surface area contributed by atoms with Crippen molar-refractivity contribution < 1.29 is 9.32 Å². The number of aryl methyl sites for hydroxylation is 2. The number of hydrogen-bond donors (Lipinski definition) is 0. The minimum atomic E-state index is 0.110. The highest BCUT2D eigenvalue weighted by atomic mass is 16.5. The molecule has 2 aliphatic heterocycles. The third kappa shape index (κ3) is 3.26. The second-order valence-electron chi connectivity index (χ2n) is 7.80. The van der Waals surface area contributed by atoms with Crippen LogP contribution >= 0.6 is 0 Å². The monoisotopic (exact) mass is 354 g/mol. The van der Waals surface area contributed by atoms with Crippen LogP contribution in [0.25, 0.3) is 0 Å². The van der Waals surface area contributed by atoms with Crippen molar-refractivity contribution in [2.24, 2.45) is 5.41 Å². The van der Waals surface area contributed by atoms with E-state index < -0.39 is 0 Å². The molecule has 0 unspecified atom stereocenters. The fourth-order valence-electron chi connectivity index (χ4n) is 4.38. The fourth-order valence-corrected chi connectivity index (χ4v) is 4.38. The molecule has 0 radical (unpaired) electrons. The Morgan fingerprint density at radius 3 is 2.65 bits per heavy atom. The molecule has 138 valence electrons. The van der Waals surface area contributed by atoms with E-state index in [1.54, 1.807) is 12.4 Å². The van der Waals surface area contributed by atoms with E-state index in [1.165, 1.54) is 12.0 Å². The standard InChI is InChI=1S/C20H26N4O2/c1-15-18(16(2)26-22-15)13-23-9-5-20(14-23)6-10-24(11-7-20)19(25)17-4-3-8-21-12-17/h3-4,8,12H,5-7,9-11,13-14H2,1-2H3. The minimum Gasteiger partial charge on any atom is -0.361 e. The van der Waals surface area contributed by atoms with Crippen LogP contribution in [-0.4, -0.2) is 52.0 Å². The molecular weight excluding hydrogens is 328 g/mol. The van der Waals surface area contributed by atoms with Gasteiger partial charge in [0.05, 0.1) is 11.3 Å². The third-order valence-electron chi connectivity index (χ3n) is 6.10. The van der Waals surface area contributed by atoms with Crippen LogP contribution in [0.15, 0.2) is 29.0 Å². The number of pyridine rings is 1. The normalized spacial score (nSPS) is 20.0. The summed E-state index contributed by atoms with van der Waals surface area (Å²) < 4.78 is 5.30. The first-order valence-electron chi connectivity index (χ1n) is 9.40. The maximum Gasteiger partial charge on any atom is 0.255 e. The number of rotatable bonds is 3. The Balaban J connectivity index is 1.35. The molecule has 4 rings (SSSR count). The molecule has 0 aromatic carbocycles. The van der Waals surface area contributed by atoms with Crippen molar-refractivity contribution in [2.75, 3.05) is 26.2 Å². The van der Waals surface area contributed by atoms with Crippen molar-refractivity contribution in [1.29, 1.82) is 0 Å². The number of carbonyl (C=O) groups excluding carboxylic acids is 1. The molecule has 4 heterocycles. The van der Waals surface area contributed by atoms with Gasteiger partial charge in [0.1, 0.15) is 5.76 Å². The SMILES string of the molecule is Cc1noc(C)c1CN1CCC2(CCN(C(=O)c3cccnc3)CC2)C1. The van der Waals surface area contributed by atoms with Crippen LogP contribution in [0.5, 0.6) is 0 Å². The summed E-state index contributed by atoms with van der Waals surface area (Å²) in [7, 11) is 0. The van der Waals surface area contributed by atoms with E-state index in [0.717, 1.165) is 57.0 Å². The van der Waals surface area contributed by atoms with Gasteiger partial charge >= 0.3 is 0 Å². The smallest absolute Gasteiger partial charge is 0.255 e. The largest absolute Gasteiger partial charge is 0.361 e. The summed E-state index contributed by atoms with van der Waals surface area (Å²) in [5, 5.41) is 4.07. The van der Waals surface area contributed by atoms with Crippen molar-refractivity contribution in [3.8, 4) is 0 Å². The van der Waals surface area contributed by atoms with Crippen LogP contribution in [0, 0.1) is 19.3 Å². The van der Waals surface area contributed by atoms with E-state index in [0.29, 0.717) is 11.0 Å². The number of amides is 1. The second kappa shape index (κ2) is 6.83. The topological polar surface area (TPSA) is 62.5 Å². The van der Waals surface area contributed by atoms with Crippen LogP contribution in [0.1, 0.15) is 46.6 Å². The molecule has 2 saturated heterocycles. The van der Waals surface area contributed by atoms with Gasteiger partial charge in [0, 0.05) is 44.1 Å². The lowest BCUT2D eigenvalue weighted by molar-refractivity contribution is 0.0587. The lowest BCUT2D eigenvalue weighted by Gasteiger charge is -2.39. The first-order valence-corrected chi connectivity index (χ1v) is 9.40. The van der Waals surface area contributed by atoms with Crippen molar-refractivity contribution in [2.45, 2.75) is 39.7 Å². The Labute approximate surface area is 154 Å².